The summed E-state index contributed by atoms with van der Waals surface area (Å²) >= 11 is 0. The first-order chi connectivity index (χ1) is 18.1. The average molecular weight is 534 g/mol. The summed E-state index contributed by atoms with van der Waals surface area (Å²) in [5.74, 6) is 0.567. The van der Waals surface area contributed by atoms with Gasteiger partial charge in [-0.1, -0.05) is 48.5 Å². The summed E-state index contributed by atoms with van der Waals surface area (Å²) in [6.45, 7) is 5.64. The molecule has 0 unspecified atom stereocenters. The molecule has 1 fully saturated rings. The van der Waals surface area contributed by atoms with Crippen molar-refractivity contribution < 1.29 is 19.1 Å². The van der Waals surface area contributed by atoms with Gasteiger partial charge < -0.3 is 14.4 Å². The number of fused-ring (bicyclic) bond motifs is 2. The number of morpholine rings is 1. The molecule has 2 amide bonds. The highest BCUT2D eigenvalue weighted by Gasteiger charge is 2.33. The van der Waals surface area contributed by atoms with Crippen molar-refractivity contribution in [3.8, 4) is 5.75 Å². The Hall–Kier alpha value is -3.39. The minimum Gasteiger partial charge on any atom is -0.410 e. The topological polar surface area (TPSA) is 62.3 Å². The standard InChI is InChI=1S/C30H31N3O4.ClH/c34-29(33-20-24-7-5-4-6-22(24)17-27(33)21-31-12-14-36-15-13-31)23-10-11-25-18-32(19-26(25)16-23)30(35)37-28-8-2-1-3-9-28;/h1-11,16,27H,12-15,17-21H2;1H/t27-;/m0./s1. The van der Waals surface area contributed by atoms with E-state index in [0.717, 1.165) is 50.4 Å². The van der Waals surface area contributed by atoms with Gasteiger partial charge in [-0.05, 0) is 52.9 Å². The van der Waals surface area contributed by atoms with E-state index in [2.05, 4.69) is 23.1 Å². The molecule has 0 aliphatic carbocycles. The van der Waals surface area contributed by atoms with Gasteiger partial charge in [-0.3, -0.25) is 14.6 Å². The molecule has 0 N–H and O–H groups in total. The predicted molar refractivity (Wildman–Crippen MR) is 146 cm³/mol. The lowest BCUT2D eigenvalue weighted by Gasteiger charge is -2.40. The van der Waals surface area contributed by atoms with Gasteiger partial charge in [0.15, 0.2) is 0 Å². The highest BCUT2D eigenvalue weighted by Crippen LogP contribution is 2.29. The zero-order valence-corrected chi connectivity index (χ0v) is 22.1. The summed E-state index contributed by atoms with van der Waals surface area (Å²) < 4.78 is 11.1. The summed E-state index contributed by atoms with van der Waals surface area (Å²) in [4.78, 5) is 32.7. The molecular formula is C30H32ClN3O4. The number of ether oxygens (including phenoxy) is 2. The van der Waals surface area contributed by atoms with Crippen LogP contribution < -0.4 is 4.74 Å². The Bertz CT molecular complexity index is 1300. The van der Waals surface area contributed by atoms with Gasteiger partial charge in [0.25, 0.3) is 5.91 Å². The van der Waals surface area contributed by atoms with Gasteiger partial charge >= 0.3 is 6.09 Å². The molecule has 0 radical (unpaired) electrons. The molecule has 3 heterocycles. The zero-order chi connectivity index (χ0) is 25.2. The van der Waals surface area contributed by atoms with Crippen molar-refractivity contribution in [2.45, 2.75) is 32.1 Å². The molecule has 1 saturated heterocycles. The lowest BCUT2D eigenvalue weighted by atomic mass is 9.92. The number of para-hydroxylation sites is 1. The molecular weight excluding hydrogens is 502 g/mol. The Balaban J connectivity index is 0.00000294. The van der Waals surface area contributed by atoms with Crippen LogP contribution in [0.4, 0.5) is 4.79 Å². The summed E-state index contributed by atoms with van der Waals surface area (Å²) in [7, 11) is 0. The predicted octanol–water partition coefficient (Wildman–Crippen LogP) is 4.52. The molecule has 38 heavy (non-hydrogen) atoms. The molecule has 0 bridgehead atoms. The van der Waals surface area contributed by atoms with Gasteiger partial charge in [0, 0.05) is 50.9 Å². The van der Waals surface area contributed by atoms with E-state index in [1.54, 1.807) is 17.0 Å². The number of carbonyl (C=O) groups is 2. The van der Waals surface area contributed by atoms with Gasteiger partial charge in [0.1, 0.15) is 5.75 Å². The Morgan fingerprint density at radius 2 is 1.50 bits per heavy atom. The largest absolute Gasteiger partial charge is 0.415 e. The van der Waals surface area contributed by atoms with E-state index in [1.165, 1.54) is 11.1 Å². The van der Waals surface area contributed by atoms with Crippen LogP contribution in [0.1, 0.15) is 32.6 Å². The first kappa shape index (κ1) is 26.2. The van der Waals surface area contributed by atoms with Crippen LogP contribution >= 0.6 is 12.4 Å². The SMILES string of the molecule is Cl.O=C(Oc1ccccc1)N1Cc2ccc(C(=O)N3Cc4ccccc4C[C@H]3CN3CCOCC3)cc2C1. The van der Waals surface area contributed by atoms with Crippen LogP contribution in [0.25, 0.3) is 0 Å². The van der Waals surface area contributed by atoms with Gasteiger partial charge in [0.2, 0.25) is 0 Å². The second-order valence-corrected chi connectivity index (χ2v) is 9.99. The van der Waals surface area contributed by atoms with E-state index in [0.29, 0.717) is 30.9 Å². The van der Waals surface area contributed by atoms with Crippen molar-refractivity contribution in [3.05, 3.63) is 101 Å². The van der Waals surface area contributed by atoms with Crippen molar-refractivity contribution in [1.82, 2.24) is 14.7 Å². The van der Waals surface area contributed by atoms with Gasteiger partial charge in [-0.15, -0.1) is 12.4 Å². The van der Waals surface area contributed by atoms with Crippen LogP contribution in [-0.4, -0.2) is 65.6 Å². The summed E-state index contributed by atoms with van der Waals surface area (Å²) in [6.07, 6.45) is 0.469. The molecule has 0 aromatic heterocycles. The number of nitrogens with zero attached hydrogens (tertiary/aromatic N) is 3. The zero-order valence-electron chi connectivity index (χ0n) is 21.3. The number of halogens is 1. The maximum Gasteiger partial charge on any atom is 0.415 e. The fraction of sp³-hybridized carbons (Fsp3) is 0.333. The molecule has 3 aromatic carbocycles. The molecule has 8 heteroatoms. The van der Waals surface area contributed by atoms with Crippen LogP contribution in [-0.2, 0) is 30.8 Å². The maximum atomic E-state index is 13.9. The maximum absolute atomic E-state index is 13.9. The number of hydrogen-bond donors (Lipinski definition) is 0. The van der Waals surface area contributed by atoms with E-state index >= 15 is 0 Å². The van der Waals surface area contributed by atoms with Gasteiger partial charge in [0.05, 0.1) is 13.2 Å². The van der Waals surface area contributed by atoms with Crippen molar-refractivity contribution in [2.75, 3.05) is 32.8 Å². The first-order valence-corrected chi connectivity index (χ1v) is 13.0. The van der Waals surface area contributed by atoms with Crippen LogP contribution in [0.3, 0.4) is 0 Å². The number of carbonyl (C=O) groups excluding carboxylic acids is 2. The second-order valence-electron chi connectivity index (χ2n) is 9.99. The lowest BCUT2D eigenvalue weighted by molar-refractivity contribution is 0.0193. The molecule has 0 saturated carbocycles. The van der Waals surface area contributed by atoms with Gasteiger partial charge in [-0.25, -0.2) is 4.79 Å². The van der Waals surface area contributed by atoms with E-state index in [9.17, 15) is 9.59 Å². The van der Waals surface area contributed by atoms with Crippen molar-refractivity contribution in [1.29, 1.82) is 0 Å². The molecule has 0 spiro atoms. The molecule has 198 valence electrons. The number of rotatable bonds is 4. The monoisotopic (exact) mass is 533 g/mol. The minimum absolute atomic E-state index is 0. The third-order valence-electron chi connectivity index (χ3n) is 7.57. The number of amides is 2. The van der Waals surface area contributed by atoms with E-state index in [1.807, 2.05) is 47.4 Å². The minimum atomic E-state index is -0.381. The molecule has 1 atom stereocenters. The Morgan fingerprint density at radius 3 is 2.29 bits per heavy atom. The Morgan fingerprint density at radius 1 is 0.816 bits per heavy atom. The normalized spacial score (nSPS) is 18.8. The summed E-state index contributed by atoms with van der Waals surface area (Å²) in [5.41, 5.74) is 5.26. The molecule has 3 aliphatic rings. The third-order valence-corrected chi connectivity index (χ3v) is 7.57. The van der Waals surface area contributed by atoms with E-state index < -0.39 is 0 Å². The van der Waals surface area contributed by atoms with Gasteiger partial charge in [-0.2, -0.15) is 0 Å². The van der Waals surface area contributed by atoms with Crippen molar-refractivity contribution >= 4 is 24.4 Å². The Labute approximate surface area is 229 Å². The molecule has 3 aliphatic heterocycles. The smallest absolute Gasteiger partial charge is 0.410 e. The molecule has 7 nitrogen and oxygen atoms in total. The van der Waals surface area contributed by atoms with Crippen LogP contribution in [0.5, 0.6) is 5.75 Å². The van der Waals surface area contributed by atoms with Crippen molar-refractivity contribution in [2.24, 2.45) is 0 Å². The highest BCUT2D eigenvalue weighted by atomic mass is 35.5. The average Bonchev–Trinajstić information content (AvgIpc) is 3.37. The second kappa shape index (κ2) is 11.6. The lowest BCUT2D eigenvalue weighted by Crippen LogP contribution is -2.52. The van der Waals surface area contributed by atoms with Crippen molar-refractivity contribution in [3.63, 3.8) is 0 Å². The molecule has 3 aromatic rings. The van der Waals surface area contributed by atoms with E-state index in [-0.39, 0.29) is 30.4 Å². The Kier molecular flexibility index (Phi) is 7.98. The summed E-state index contributed by atoms with van der Waals surface area (Å²) in [5, 5.41) is 0. The van der Waals surface area contributed by atoms with E-state index in [4.69, 9.17) is 9.47 Å². The fourth-order valence-electron chi connectivity index (χ4n) is 5.55. The fourth-order valence-corrected chi connectivity index (χ4v) is 5.55. The number of hydrogen-bond acceptors (Lipinski definition) is 5. The summed E-state index contributed by atoms with van der Waals surface area (Å²) in [6, 6.07) is 23.5. The van der Waals surface area contributed by atoms with Crippen LogP contribution in [0.15, 0.2) is 72.8 Å². The molecule has 6 rings (SSSR count). The van der Waals surface area contributed by atoms with Crippen LogP contribution in [0.2, 0.25) is 0 Å². The number of benzene rings is 3. The first-order valence-electron chi connectivity index (χ1n) is 13.0. The van der Waals surface area contributed by atoms with Crippen LogP contribution in [0, 0.1) is 0 Å². The quantitative estimate of drug-likeness (QED) is 0.493. The third kappa shape index (κ3) is 5.55. The highest BCUT2D eigenvalue weighted by molar-refractivity contribution is 5.95.